The molecule has 0 aliphatic heterocycles. The molecule has 0 fully saturated rings. The van der Waals surface area contributed by atoms with Crippen LogP contribution in [0.5, 0.6) is 0 Å². The summed E-state index contributed by atoms with van der Waals surface area (Å²) in [6, 6.07) is 1.92. The van der Waals surface area contributed by atoms with Crippen molar-refractivity contribution in [3.8, 4) is 11.1 Å². The Hall–Kier alpha value is -1.42. The third kappa shape index (κ3) is 1.29. The van der Waals surface area contributed by atoms with E-state index in [1.165, 1.54) is 17.7 Å². The number of hydrogen-bond donors (Lipinski definition) is 1. The Kier molecular flexibility index (Phi) is 1.75. The molecule has 0 aliphatic carbocycles. The van der Waals surface area contributed by atoms with Gasteiger partial charge in [-0.05, 0) is 11.6 Å². The normalized spacial score (nSPS) is 10.0. The van der Waals surface area contributed by atoms with E-state index in [0.717, 1.165) is 16.1 Å². The zero-order valence-electron chi connectivity index (χ0n) is 6.27. The molecule has 2 rings (SSSR count). The van der Waals surface area contributed by atoms with Crippen LogP contribution in [0.3, 0.4) is 0 Å². The van der Waals surface area contributed by atoms with Crippen molar-refractivity contribution < 1.29 is 0 Å². The summed E-state index contributed by atoms with van der Waals surface area (Å²) in [6.45, 7) is 0. The van der Waals surface area contributed by atoms with Crippen molar-refractivity contribution in [3.63, 3.8) is 0 Å². The SMILES string of the molecule is Nc1cc(-c2cncnc2)cs1. The summed E-state index contributed by atoms with van der Waals surface area (Å²) >= 11 is 1.52. The maximum atomic E-state index is 5.59. The van der Waals surface area contributed by atoms with Gasteiger partial charge in [0, 0.05) is 23.3 Å². The van der Waals surface area contributed by atoms with Gasteiger partial charge in [-0.25, -0.2) is 9.97 Å². The summed E-state index contributed by atoms with van der Waals surface area (Å²) in [5.74, 6) is 0. The third-order valence-electron chi connectivity index (χ3n) is 1.51. The summed E-state index contributed by atoms with van der Waals surface area (Å²) < 4.78 is 0. The maximum Gasteiger partial charge on any atom is 0.115 e. The number of rotatable bonds is 1. The van der Waals surface area contributed by atoms with Crippen molar-refractivity contribution in [3.05, 3.63) is 30.2 Å². The highest BCUT2D eigenvalue weighted by atomic mass is 32.1. The molecule has 2 heterocycles. The standard InChI is InChI=1S/C8H7N3S/c9-8-1-6(4-12-8)7-2-10-5-11-3-7/h1-5H,9H2. The zero-order valence-corrected chi connectivity index (χ0v) is 7.08. The topological polar surface area (TPSA) is 51.8 Å². The molecule has 0 amide bonds. The highest BCUT2D eigenvalue weighted by Gasteiger charge is 1.99. The van der Waals surface area contributed by atoms with Gasteiger partial charge in [0.2, 0.25) is 0 Å². The molecule has 2 N–H and O–H groups in total. The molecule has 12 heavy (non-hydrogen) atoms. The fraction of sp³-hybridized carbons (Fsp3) is 0. The molecule has 0 bridgehead atoms. The number of nitrogens with two attached hydrogens (primary N) is 1. The van der Waals surface area contributed by atoms with E-state index >= 15 is 0 Å². The van der Waals surface area contributed by atoms with E-state index in [1.54, 1.807) is 12.4 Å². The number of aromatic nitrogens is 2. The molecule has 0 saturated carbocycles. The van der Waals surface area contributed by atoms with Crippen LogP contribution in [0.15, 0.2) is 30.2 Å². The highest BCUT2D eigenvalue weighted by Crippen LogP contribution is 2.25. The summed E-state index contributed by atoms with van der Waals surface area (Å²) in [7, 11) is 0. The van der Waals surface area contributed by atoms with Crippen molar-refractivity contribution in [1.29, 1.82) is 0 Å². The van der Waals surface area contributed by atoms with Gasteiger partial charge >= 0.3 is 0 Å². The van der Waals surface area contributed by atoms with Gasteiger partial charge in [0.15, 0.2) is 0 Å². The van der Waals surface area contributed by atoms with Crippen LogP contribution in [-0.4, -0.2) is 9.97 Å². The minimum atomic E-state index is 0.814. The largest absolute Gasteiger partial charge is 0.391 e. The maximum absolute atomic E-state index is 5.59. The Morgan fingerprint density at radius 2 is 1.92 bits per heavy atom. The Morgan fingerprint density at radius 3 is 2.50 bits per heavy atom. The first-order valence-corrected chi connectivity index (χ1v) is 4.33. The zero-order chi connectivity index (χ0) is 8.39. The van der Waals surface area contributed by atoms with Crippen molar-refractivity contribution in [2.45, 2.75) is 0 Å². The number of anilines is 1. The monoisotopic (exact) mass is 177 g/mol. The van der Waals surface area contributed by atoms with Crippen LogP contribution in [0, 0.1) is 0 Å². The summed E-state index contributed by atoms with van der Waals surface area (Å²) in [6.07, 6.45) is 5.06. The van der Waals surface area contributed by atoms with Crippen LogP contribution in [0.25, 0.3) is 11.1 Å². The first-order chi connectivity index (χ1) is 5.86. The molecule has 0 spiro atoms. The fourth-order valence-corrected chi connectivity index (χ4v) is 1.61. The molecule has 0 aromatic carbocycles. The predicted octanol–water partition coefficient (Wildman–Crippen LogP) is 1.79. The van der Waals surface area contributed by atoms with Gasteiger partial charge in [-0.15, -0.1) is 11.3 Å². The second-order valence-corrected chi connectivity index (χ2v) is 3.31. The van der Waals surface area contributed by atoms with E-state index in [2.05, 4.69) is 9.97 Å². The second-order valence-electron chi connectivity index (χ2n) is 2.36. The first kappa shape index (κ1) is 7.24. The van der Waals surface area contributed by atoms with Gasteiger partial charge in [0.25, 0.3) is 0 Å². The molecule has 4 heteroatoms. The Labute approximate surface area is 73.9 Å². The summed E-state index contributed by atoms with van der Waals surface area (Å²) in [5.41, 5.74) is 7.68. The van der Waals surface area contributed by atoms with Crippen LogP contribution < -0.4 is 5.73 Å². The summed E-state index contributed by atoms with van der Waals surface area (Å²) in [5, 5.41) is 2.81. The van der Waals surface area contributed by atoms with Crippen LogP contribution in [0.2, 0.25) is 0 Å². The van der Waals surface area contributed by atoms with Crippen molar-refractivity contribution in [2.75, 3.05) is 5.73 Å². The van der Waals surface area contributed by atoms with E-state index in [0.29, 0.717) is 0 Å². The quantitative estimate of drug-likeness (QED) is 0.722. The number of nitrogen functional groups attached to an aromatic ring is 1. The van der Waals surface area contributed by atoms with Crippen LogP contribution >= 0.6 is 11.3 Å². The number of thiophene rings is 1. The molecule has 0 aliphatic rings. The molecule has 0 saturated heterocycles. The average molecular weight is 177 g/mol. The fourth-order valence-electron chi connectivity index (χ4n) is 0.952. The van der Waals surface area contributed by atoms with Gasteiger partial charge in [-0.2, -0.15) is 0 Å². The highest BCUT2D eigenvalue weighted by molar-refractivity contribution is 7.14. The van der Waals surface area contributed by atoms with Gasteiger partial charge in [0.1, 0.15) is 6.33 Å². The molecule has 0 radical (unpaired) electrons. The van der Waals surface area contributed by atoms with Crippen molar-refractivity contribution >= 4 is 16.3 Å². The Bertz CT molecular complexity index is 369. The van der Waals surface area contributed by atoms with Crippen LogP contribution in [0.1, 0.15) is 0 Å². The number of hydrogen-bond acceptors (Lipinski definition) is 4. The van der Waals surface area contributed by atoms with Crippen LogP contribution in [0.4, 0.5) is 5.00 Å². The number of nitrogens with zero attached hydrogens (tertiary/aromatic N) is 2. The molecule has 60 valence electrons. The minimum absolute atomic E-state index is 0.814. The lowest BCUT2D eigenvalue weighted by molar-refractivity contribution is 1.17. The van der Waals surface area contributed by atoms with Crippen molar-refractivity contribution in [2.24, 2.45) is 0 Å². The molecule has 2 aromatic rings. The lowest BCUT2D eigenvalue weighted by Gasteiger charge is -1.92. The molecule has 0 atom stereocenters. The lowest BCUT2D eigenvalue weighted by atomic mass is 10.2. The van der Waals surface area contributed by atoms with Gasteiger partial charge in [0.05, 0.1) is 5.00 Å². The smallest absolute Gasteiger partial charge is 0.115 e. The third-order valence-corrected chi connectivity index (χ3v) is 2.28. The summed E-state index contributed by atoms with van der Waals surface area (Å²) in [4.78, 5) is 7.85. The lowest BCUT2D eigenvalue weighted by Crippen LogP contribution is -1.79. The predicted molar refractivity (Wildman–Crippen MR) is 49.8 cm³/mol. The molecule has 0 unspecified atom stereocenters. The molecular weight excluding hydrogens is 170 g/mol. The van der Waals surface area contributed by atoms with Crippen molar-refractivity contribution in [1.82, 2.24) is 9.97 Å². The van der Waals surface area contributed by atoms with E-state index in [9.17, 15) is 0 Å². The molecule has 2 aromatic heterocycles. The minimum Gasteiger partial charge on any atom is -0.391 e. The average Bonchev–Trinajstić information content (AvgIpc) is 2.54. The van der Waals surface area contributed by atoms with Gasteiger partial charge < -0.3 is 5.73 Å². The van der Waals surface area contributed by atoms with Gasteiger partial charge in [-0.3, -0.25) is 0 Å². The van der Waals surface area contributed by atoms with E-state index in [1.807, 2.05) is 11.4 Å². The Morgan fingerprint density at radius 1 is 1.17 bits per heavy atom. The molecular formula is C8H7N3S. The van der Waals surface area contributed by atoms with Gasteiger partial charge in [-0.1, -0.05) is 0 Å². The first-order valence-electron chi connectivity index (χ1n) is 3.45. The molecule has 3 nitrogen and oxygen atoms in total. The van der Waals surface area contributed by atoms with E-state index < -0.39 is 0 Å². The van der Waals surface area contributed by atoms with E-state index in [4.69, 9.17) is 5.73 Å². The Balaban J connectivity index is 2.45. The van der Waals surface area contributed by atoms with Crippen LogP contribution in [-0.2, 0) is 0 Å². The van der Waals surface area contributed by atoms with E-state index in [-0.39, 0.29) is 0 Å². The second kappa shape index (κ2) is 2.91.